The lowest BCUT2D eigenvalue weighted by Gasteiger charge is -2.11. The van der Waals surface area contributed by atoms with Gasteiger partial charge >= 0.3 is 0 Å². The predicted molar refractivity (Wildman–Crippen MR) is 64.8 cm³/mol. The monoisotopic (exact) mass is 270 g/mol. The molecule has 2 aromatic rings. The summed E-state index contributed by atoms with van der Waals surface area (Å²) in [6, 6.07) is 0. The van der Waals surface area contributed by atoms with Gasteiger partial charge in [-0.05, 0) is 6.42 Å². The molecule has 8 nitrogen and oxygen atoms in total. The van der Waals surface area contributed by atoms with E-state index >= 15 is 0 Å². The van der Waals surface area contributed by atoms with Gasteiger partial charge in [0.2, 0.25) is 5.95 Å². The van der Waals surface area contributed by atoms with Gasteiger partial charge in [0.25, 0.3) is 11.6 Å². The van der Waals surface area contributed by atoms with Crippen molar-refractivity contribution in [3.05, 3.63) is 16.4 Å². The highest BCUT2D eigenvalue weighted by atomic mass is 18.2. The average Bonchev–Trinajstić information content (AvgIpc) is 2.68. The number of aliphatic hydroxyl groups is 2. The highest BCUT2D eigenvalue weighted by Crippen LogP contribution is 2.13. The van der Waals surface area contributed by atoms with Crippen molar-refractivity contribution in [2.45, 2.75) is 13.0 Å². The molecule has 0 spiro atoms. The summed E-state index contributed by atoms with van der Waals surface area (Å²) in [5.74, 6) is -0.490. The number of hydrogen-bond donors (Lipinski definition) is 4. The van der Waals surface area contributed by atoms with Crippen LogP contribution in [0.3, 0.4) is 0 Å². The van der Waals surface area contributed by atoms with Crippen molar-refractivity contribution >= 4 is 17.1 Å². The van der Waals surface area contributed by atoms with Crippen molar-refractivity contribution in [2.75, 3.05) is 18.9 Å². The first-order chi connectivity index (χ1) is 9.06. The van der Waals surface area contributed by atoms with Crippen molar-refractivity contribution < 1.29 is 14.6 Å². The largest absolute Gasteiger partial charge is 0.396 e. The quantitative estimate of drug-likeness (QED) is 0.506. The van der Waals surface area contributed by atoms with E-state index in [-0.39, 0.29) is 42.8 Å². The number of anilines is 1. The lowest BCUT2D eigenvalue weighted by molar-refractivity contribution is 0.139. The summed E-state index contributed by atoms with van der Waals surface area (Å²) in [6.45, 7) is -0.286. The highest BCUT2D eigenvalue weighted by molar-refractivity contribution is 5.70. The second-order valence-electron chi connectivity index (χ2n) is 4.18. The fraction of sp³-hybridized carbons (Fsp3) is 0.500. The highest BCUT2D eigenvalue weighted by Gasteiger charge is 2.16. The number of fused-ring (bicyclic) bond motifs is 1. The van der Waals surface area contributed by atoms with E-state index in [1.165, 1.54) is 0 Å². The van der Waals surface area contributed by atoms with Gasteiger partial charge in [0, 0.05) is 25.7 Å². The maximum atomic E-state index is 13.7. The fourth-order valence-electron chi connectivity index (χ4n) is 1.75. The topological polar surface area (TPSA) is 130 Å². The number of aromatic nitrogens is 4. The molecule has 5 N–H and O–H groups in total. The fourth-order valence-corrected chi connectivity index (χ4v) is 1.75. The minimum absolute atomic E-state index is 0.0494. The third kappa shape index (κ3) is 2.56. The first kappa shape index (κ1) is 13.4. The van der Waals surface area contributed by atoms with Crippen LogP contribution in [0.25, 0.3) is 11.2 Å². The van der Waals surface area contributed by atoms with Gasteiger partial charge in [-0.25, -0.2) is 0 Å². The molecule has 0 aromatic carbocycles. The number of aliphatic hydroxyl groups excluding tert-OH is 2. The Kier molecular flexibility index (Phi) is 3.76. The number of imidazole rings is 1. The normalized spacial score (nSPS) is 11.6. The second kappa shape index (κ2) is 5.33. The lowest BCUT2D eigenvalue weighted by Crippen LogP contribution is -2.16. The summed E-state index contributed by atoms with van der Waals surface area (Å²) < 4.78 is 14.8. The molecule has 0 saturated carbocycles. The van der Waals surface area contributed by atoms with Crippen molar-refractivity contribution in [3.8, 4) is 0 Å². The Labute approximate surface area is 106 Å². The zero-order chi connectivity index (χ0) is 14.0. The van der Waals surface area contributed by atoms with E-state index in [9.17, 15) is 9.18 Å². The zero-order valence-corrected chi connectivity index (χ0v) is 10.0. The van der Waals surface area contributed by atoms with Crippen molar-refractivity contribution in [1.82, 2.24) is 19.5 Å². The molecule has 2 rings (SSSR count). The summed E-state index contributed by atoms with van der Waals surface area (Å²) in [6.07, 6.45) is -0.530. The Morgan fingerprint density at radius 1 is 1.37 bits per heavy atom. The van der Waals surface area contributed by atoms with Crippen LogP contribution < -0.4 is 11.3 Å². The molecule has 0 radical (unpaired) electrons. The van der Waals surface area contributed by atoms with Crippen LogP contribution in [0.2, 0.25) is 0 Å². The van der Waals surface area contributed by atoms with Crippen LogP contribution >= 0.6 is 0 Å². The first-order valence-corrected chi connectivity index (χ1v) is 5.70. The SMILES string of the molecule is Nc1nc2c(nc([18F])n2CCC(CO)CO)c(=O)[nH]1. The van der Waals surface area contributed by atoms with Crippen LogP contribution in [-0.2, 0) is 6.54 Å². The maximum absolute atomic E-state index is 13.7. The molecule has 104 valence electrons. The lowest BCUT2D eigenvalue weighted by atomic mass is 10.1. The van der Waals surface area contributed by atoms with Crippen LogP contribution in [0, 0.1) is 12.0 Å². The number of nitrogens with one attached hydrogen (secondary N) is 1. The minimum Gasteiger partial charge on any atom is -0.396 e. The van der Waals surface area contributed by atoms with Gasteiger partial charge in [-0.1, -0.05) is 0 Å². The van der Waals surface area contributed by atoms with Crippen molar-refractivity contribution in [3.63, 3.8) is 0 Å². The summed E-state index contributed by atoms with van der Waals surface area (Å²) >= 11 is 0. The Balaban J connectivity index is 2.37. The van der Waals surface area contributed by atoms with Gasteiger partial charge in [0.05, 0.1) is 0 Å². The van der Waals surface area contributed by atoms with Gasteiger partial charge in [-0.15, -0.1) is 0 Å². The number of rotatable bonds is 5. The van der Waals surface area contributed by atoms with Crippen LogP contribution in [-0.4, -0.2) is 42.9 Å². The van der Waals surface area contributed by atoms with E-state index in [1.807, 2.05) is 0 Å². The number of nitrogens with zero attached hydrogens (tertiary/aromatic N) is 3. The number of aromatic amines is 1. The Morgan fingerprint density at radius 2 is 2.05 bits per heavy atom. The number of H-pyrrole nitrogens is 1. The second-order valence-corrected chi connectivity index (χ2v) is 4.18. The molecular weight excluding hydrogens is 256 g/mol. The van der Waals surface area contributed by atoms with E-state index in [4.69, 9.17) is 15.9 Å². The summed E-state index contributed by atoms with van der Waals surface area (Å²) in [7, 11) is 0. The zero-order valence-electron chi connectivity index (χ0n) is 10.0. The Morgan fingerprint density at radius 3 is 2.68 bits per heavy atom. The van der Waals surface area contributed by atoms with Gasteiger partial charge in [0.15, 0.2) is 11.2 Å². The van der Waals surface area contributed by atoms with E-state index < -0.39 is 11.6 Å². The molecule has 0 atom stereocenters. The van der Waals surface area contributed by atoms with Crippen molar-refractivity contribution in [1.29, 1.82) is 0 Å². The summed E-state index contributed by atoms with van der Waals surface area (Å²) in [4.78, 5) is 21.1. The van der Waals surface area contributed by atoms with Crippen LogP contribution in [0.15, 0.2) is 4.79 Å². The number of aryl methyl sites for hydroxylation is 1. The van der Waals surface area contributed by atoms with E-state index in [1.54, 1.807) is 0 Å². The number of hydrogen-bond acceptors (Lipinski definition) is 6. The van der Waals surface area contributed by atoms with E-state index in [0.29, 0.717) is 6.42 Å². The molecule has 0 aliphatic heterocycles. The smallest absolute Gasteiger partial charge is 0.291 e. The number of nitrogen functional groups attached to an aromatic ring is 1. The van der Waals surface area contributed by atoms with E-state index in [2.05, 4.69) is 15.0 Å². The molecule has 0 unspecified atom stereocenters. The Hall–Kier alpha value is -2.00. The molecule has 19 heavy (non-hydrogen) atoms. The maximum Gasteiger partial charge on any atom is 0.291 e. The number of nitrogens with two attached hydrogens (primary N) is 1. The molecule has 0 fully saturated rings. The third-order valence-electron chi connectivity index (χ3n) is 2.85. The summed E-state index contributed by atoms with van der Waals surface area (Å²) in [5, 5.41) is 17.9. The van der Waals surface area contributed by atoms with Gasteiger partial charge in [0.1, 0.15) is 0 Å². The third-order valence-corrected chi connectivity index (χ3v) is 2.85. The number of halogens is 1. The molecule has 2 aromatic heterocycles. The molecule has 0 bridgehead atoms. The van der Waals surface area contributed by atoms with Crippen molar-refractivity contribution in [2.24, 2.45) is 5.92 Å². The molecule has 0 saturated heterocycles. The van der Waals surface area contributed by atoms with Crippen LogP contribution in [0.4, 0.5) is 10.3 Å². The predicted octanol–water partition coefficient (Wildman–Crippen LogP) is -1.17. The van der Waals surface area contributed by atoms with E-state index in [0.717, 1.165) is 4.57 Å². The van der Waals surface area contributed by atoms with Gasteiger partial charge in [-0.3, -0.25) is 14.3 Å². The van der Waals surface area contributed by atoms with Gasteiger partial charge in [-0.2, -0.15) is 14.4 Å². The van der Waals surface area contributed by atoms with Gasteiger partial charge < -0.3 is 15.9 Å². The van der Waals surface area contributed by atoms with Crippen LogP contribution in [0.1, 0.15) is 6.42 Å². The molecule has 2 heterocycles. The van der Waals surface area contributed by atoms with Crippen LogP contribution in [0.5, 0.6) is 0 Å². The molecule has 0 aliphatic carbocycles. The molecule has 0 aliphatic rings. The molecule has 9 heteroatoms. The molecular formula is C10H14FN5O3. The minimum atomic E-state index is -0.853. The standard InChI is InChI=1S/C10H14FN5O3/c11-9-13-6-7(14-10(12)15-8(6)19)16(9)2-1-5(3-17)4-18/h5,17-18H,1-4H2,(H3,12,14,15,19)/i11-1. The first-order valence-electron chi connectivity index (χ1n) is 5.70. The molecule has 0 amide bonds. The Bertz CT molecular complexity index is 634. The summed E-state index contributed by atoms with van der Waals surface area (Å²) in [5.41, 5.74) is 4.71. The average molecular weight is 270 g/mol.